The predicted molar refractivity (Wildman–Crippen MR) is 94.9 cm³/mol. The van der Waals surface area contributed by atoms with Crippen molar-refractivity contribution in [3.63, 3.8) is 0 Å². The summed E-state index contributed by atoms with van der Waals surface area (Å²) in [5.41, 5.74) is 0.888. The molecule has 124 valence electrons. The number of esters is 1. The number of Topliss-reactive ketones (excluding diaryl/α,β-unsaturated/α-hetero) is 1. The molecule has 0 heterocycles. The average molecular weight is 322 g/mol. The molecule has 0 saturated carbocycles. The van der Waals surface area contributed by atoms with Crippen LogP contribution in [0.15, 0.2) is 72.8 Å². The van der Waals surface area contributed by atoms with Gasteiger partial charge in [0.15, 0.2) is 5.78 Å². The molecule has 3 nitrogen and oxygen atoms in total. The Morgan fingerprint density at radius 3 is 2.00 bits per heavy atom. The van der Waals surface area contributed by atoms with Crippen LogP contribution in [-0.4, -0.2) is 17.4 Å². The van der Waals surface area contributed by atoms with Gasteiger partial charge in [-0.05, 0) is 26.3 Å². The van der Waals surface area contributed by atoms with E-state index >= 15 is 0 Å². The molecule has 24 heavy (non-hydrogen) atoms. The van der Waals surface area contributed by atoms with Crippen molar-refractivity contribution in [3.05, 3.63) is 83.9 Å². The minimum Gasteiger partial charge on any atom is -0.457 e. The van der Waals surface area contributed by atoms with Gasteiger partial charge < -0.3 is 4.74 Å². The molecule has 0 aliphatic heterocycles. The maximum absolute atomic E-state index is 12.8. The molecule has 0 amide bonds. The summed E-state index contributed by atoms with van der Waals surface area (Å²) >= 11 is 0. The van der Waals surface area contributed by atoms with Gasteiger partial charge in [-0.1, -0.05) is 66.7 Å². The summed E-state index contributed by atoms with van der Waals surface area (Å²) in [6.45, 7) is 5.42. The summed E-state index contributed by atoms with van der Waals surface area (Å²) in [6, 6.07) is 18.5. The van der Waals surface area contributed by atoms with Crippen LogP contribution in [0.25, 0.3) is 0 Å². The summed E-state index contributed by atoms with van der Waals surface area (Å²) in [7, 11) is 0. The van der Waals surface area contributed by atoms with E-state index in [2.05, 4.69) is 0 Å². The van der Waals surface area contributed by atoms with Crippen LogP contribution in [-0.2, 0) is 9.53 Å². The zero-order chi connectivity index (χ0) is 17.6. The molecule has 2 aromatic carbocycles. The number of allylic oxidation sites excluding steroid dienone is 1. The maximum Gasteiger partial charge on any atom is 0.330 e. The van der Waals surface area contributed by atoms with E-state index in [0.717, 1.165) is 5.56 Å². The Labute approximate surface area is 143 Å². The molecular weight excluding hydrogens is 300 g/mol. The zero-order valence-electron chi connectivity index (χ0n) is 14.2. The average Bonchev–Trinajstić information content (AvgIpc) is 2.55. The molecule has 3 heteroatoms. The highest BCUT2D eigenvalue weighted by atomic mass is 16.6. The van der Waals surface area contributed by atoms with Crippen molar-refractivity contribution in [2.24, 2.45) is 0 Å². The number of ether oxygens (including phenoxy) is 1. The number of benzene rings is 2. The van der Waals surface area contributed by atoms with Crippen LogP contribution < -0.4 is 0 Å². The highest BCUT2D eigenvalue weighted by Gasteiger charge is 2.20. The van der Waals surface area contributed by atoms with E-state index in [1.807, 2.05) is 69.3 Å². The van der Waals surface area contributed by atoms with E-state index in [0.29, 0.717) is 5.56 Å². The number of hydrogen-bond acceptors (Lipinski definition) is 3. The lowest BCUT2D eigenvalue weighted by atomic mass is 9.90. The predicted octanol–water partition coefficient (Wildman–Crippen LogP) is 4.55. The Balaban J connectivity index is 2.28. The van der Waals surface area contributed by atoms with E-state index in [9.17, 15) is 9.59 Å². The summed E-state index contributed by atoms with van der Waals surface area (Å²) in [5, 5.41) is 0. The molecule has 2 aromatic rings. The van der Waals surface area contributed by atoms with Crippen LogP contribution in [0.5, 0.6) is 0 Å². The van der Waals surface area contributed by atoms with Crippen LogP contribution >= 0.6 is 0 Å². The van der Waals surface area contributed by atoms with Crippen LogP contribution in [0.2, 0.25) is 0 Å². The van der Waals surface area contributed by atoms with Gasteiger partial charge >= 0.3 is 5.97 Å². The van der Waals surface area contributed by atoms with Crippen LogP contribution in [0.1, 0.15) is 42.6 Å². The Morgan fingerprint density at radius 2 is 1.46 bits per heavy atom. The van der Waals surface area contributed by atoms with E-state index in [1.165, 1.54) is 6.08 Å². The minimum atomic E-state index is -0.562. The highest BCUT2D eigenvalue weighted by Crippen LogP contribution is 2.23. The fourth-order valence-corrected chi connectivity index (χ4v) is 2.30. The molecule has 0 N–H and O–H groups in total. The van der Waals surface area contributed by atoms with Crippen molar-refractivity contribution in [2.75, 3.05) is 0 Å². The Bertz CT molecular complexity index is 710. The van der Waals surface area contributed by atoms with Crippen LogP contribution in [0, 0.1) is 0 Å². The maximum atomic E-state index is 12.8. The Morgan fingerprint density at radius 1 is 0.917 bits per heavy atom. The monoisotopic (exact) mass is 322 g/mol. The van der Waals surface area contributed by atoms with Gasteiger partial charge in [0.25, 0.3) is 0 Å². The number of carbonyl (C=O) groups is 2. The first-order valence-corrected chi connectivity index (χ1v) is 7.92. The number of rotatable bonds is 5. The molecule has 0 bridgehead atoms. The van der Waals surface area contributed by atoms with Crippen molar-refractivity contribution in [1.82, 2.24) is 0 Å². The fourth-order valence-electron chi connectivity index (χ4n) is 2.30. The van der Waals surface area contributed by atoms with Gasteiger partial charge in [0.05, 0.1) is 5.92 Å². The molecule has 0 saturated heterocycles. The van der Waals surface area contributed by atoms with Gasteiger partial charge in [-0.2, -0.15) is 0 Å². The quantitative estimate of drug-likeness (QED) is 0.461. The summed E-state index contributed by atoms with van der Waals surface area (Å²) in [4.78, 5) is 24.8. The van der Waals surface area contributed by atoms with Gasteiger partial charge in [-0.15, -0.1) is 0 Å². The Kier molecular flexibility index (Phi) is 5.69. The van der Waals surface area contributed by atoms with Crippen molar-refractivity contribution in [3.8, 4) is 0 Å². The zero-order valence-corrected chi connectivity index (χ0v) is 14.2. The number of ketones is 1. The normalized spacial score (nSPS) is 12.8. The second kappa shape index (κ2) is 7.73. The summed E-state index contributed by atoms with van der Waals surface area (Å²) < 4.78 is 5.27. The minimum absolute atomic E-state index is 0.0541. The van der Waals surface area contributed by atoms with E-state index < -0.39 is 17.5 Å². The van der Waals surface area contributed by atoms with Gasteiger partial charge in [0.1, 0.15) is 5.60 Å². The van der Waals surface area contributed by atoms with Crippen molar-refractivity contribution >= 4 is 11.8 Å². The first-order valence-electron chi connectivity index (χ1n) is 7.92. The lowest BCUT2D eigenvalue weighted by molar-refractivity contribution is -0.148. The van der Waals surface area contributed by atoms with E-state index in [4.69, 9.17) is 4.74 Å². The molecule has 0 spiro atoms. The second-order valence-electron chi connectivity index (χ2n) is 6.51. The van der Waals surface area contributed by atoms with Crippen molar-refractivity contribution in [1.29, 1.82) is 0 Å². The third-order valence-corrected chi connectivity index (χ3v) is 3.33. The highest BCUT2D eigenvalue weighted by molar-refractivity contribution is 6.02. The number of hydrogen-bond donors (Lipinski definition) is 0. The van der Waals surface area contributed by atoms with Crippen molar-refractivity contribution < 1.29 is 14.3 Å². The van der Waals surface area contributed by atoms with E-state index in [-0.39, 0.29) is 5.78 Å². The number of carbonyl (C=O) groups excluding carboxylic acids is 2. The van der Waals surface area contributed by atoms with Gasteiger partial charge in [0, 0.05) is 11.6 Å². The third kappa shape index (κ3) is 5.20. The molecule has 0 aliphatic carbocycles. The molecular formula is C21H22O3. The van der Waals surface area contributed by atoms with Crippen LogP contribution in [0.4, 0.5) is 0 Å². The molecule has 0 aromatic heterocycles. The first-order chi connectivity index (χ1) is 11.4. The largest absolute Gasteiger partial charge is 0.457 e. The smallest absolute Gasteiger partial charge is 0.330 e. The molecule has 1 unspecified atom stereocenters. The van der Waals surface area contributed by atoms with E-state index in [1.54, 1.807) is 18.2 Å². The molecule has 2 rings (SSSR count). The topological polar surface area (TPSA) is 43.4 Å². The fraction of sp³-hybridized carbons (Fsp3) is 0.238. The summed E-state index contributed by atoms with van der Waals surface area (Å²) in [5.74, 6) is -1.04. The lowest BCUT2D eigenvalue weighted by Gasteiger charge is -2.18. The summed E-state index contributed by atoms with van der Waals surface area (Å²) in [6.07, 6.45) is 2.95. The van der Waals surface area contributed by atoms with Crippen molar-refractivity contribution in [2.45, 2.75) is 32.3 Å². The Hall–Kier alpha value is -2.68. The standard InChI is InChI=1S/C21H22O3/c1-21(2,3)24-19(22)15-14-18(16-10-6-4-7-11-16)20(23)17-12-8-5-9-13-17/h4-15,18H,1-3H3/b15-14+. The SMILES string of the molecule is CC(C)(C)OC(=O)/C=C/C(C(=O)c1ccccc1)c1ccccc1. The van der Waals surface area contributed by atoms with Gasteiger partial charge in [-0.25, -0.2) is 4.79 Å². The first kappa shape index (κ1) is 17.7. The second-order valence-corrected chi connectivity index (χ2v) is 6.51. The van der Waals surface area contributed by atoms with Gasteiger partial charge in [0.2, 0.25) is 0 Å². The molecule has 0 radical (unpaired) electrons. The van der Waals surface area contributed by atoms with Crippen LogP contribution in [0.3, 0.4) is 0 Å². The third-order valence-electron chi connectivity index (χ3n) is 3.33. The lowest BCUT2D eigenvalue weighted by Crippen LogP contribution is -2.22. The molecule has 0 fully saturated rings. The molecule has 0 aliphatic rings. The molecule has 1 atom stereocenters. The van der Waals surface area contributed by atoms with Gasteiger partial charge in [-0.3, -0.25) is 4.79 Å².